The summed E-state index contributed by atoms with van der Waals surface area (Å²) in [7, 11) is 0. The molecule has 0 aliphatic heterocycles. The van der Waals surface area contributed by atoms with Crippen molar-refractivity contribution in [3.63, 3.8) is 0 Å². The fourth-order valence-corrected chi connectivity index (χ4v) is 1.88. The second kappa shape index (κ2) is 17.2. The lowest BCUT2D eigenvalue weighted by molar-refractivity contribution is 0.282. The van der Waals surface area contributed by atoms with E-state index in [2.05, 4.69) is 43.4 Å². The molecule has 0 amide bonds. The molecule has 0 bridgehead atoms. The molecule has 1 nitrogen and oxygen atoms in total. The molecule has 1 heteroatoms. The topological polar surface area (TPSA) is 20.2 Å². The lowest BCUT2D eigenvalue weighted by Crippen LogP contribution is -1.83. The summed E-state index contributed by atoms with van der Waals surface area (Å²) in [5.41, 5.74) is 0. The maximum atomic E-state index is 8.65. The van der Waals surface area contributed by atoms with Crippen LogP contribution in [0.15, 0.2) is 36.5 Å². The second-order valence-electron chi connectivity index (χ2n) is 5.02. The van der Waals surface area contributed by atoms with Crippen molar-refractivity contribution < 1.29 is 5.11 Å². The maximum Gasteiger partial charge on any atom is 0.0431 e. The molecule has 0 aromatic heterocycles. The first kappa shape index (κ1) is 18.2. The maximum absolute atomic E-state index is 8.65. The van der Waals surface area contributed by atoms with Gasteiger partial charge in [-0.3, -0.25) is 0 Å². The first-order valence-electron chi connectivity index (χ1n) is 8.01. The molecule has 0 aliphatic rings. The SMILES string of the molecule is CCCCC=C/C=C/C=C\CCCCCCCCO. The average molecular weight is 264 g/mol. The highest BCUT2D eigenvalue weighted by molar-refractivity contribution is 5.10. The Morgan fingerprint density at radius 2 is 1.16 bits per heavy atom. The van der Waals surface area contributed by atoms with Gasteiger partial charge in [0, 0.05) is 6.61 Å². The predicted octanol–water partition coefficient (Wildman–Crippen LogP) is 5.57. The van der Waals surface area contributed by atoms with Crippen LogP contribution < -0.4 is 0 Å². The third-order valence-corrected chi connectivity index (χ3v) is 3.11. The Labute approximate surface area is 120 Å². The van der Waals surface area contributed by atoms with E-state index in [0.717, 1.165) is 6.42 Å². The van der Waals surface area contributed by atoms with E-state index in [1.165, 1.54) is 57.8 Å². The number of hydrogen-bond acceptors (Lipinski definition) is 1. The Morgan fingerprint density at radius 3 is 1.74 bits per heavy atom. The van der Waals surface area contributed by atoms with Crippen LogP contribution >= 0.6 is 0 Å². The van der Waals surface area contributed by atoms with Crippen molar-refractivity contribution in [1.82, 2.24) is 0 Å². The highest BCUT2D eigenvalue weighted by atomic mass is 16.2. The Bertz CT molecular complexity index is 238. The highest BCUT2D eigenvalue weighted by Gasteiger charge is 1.89. The number of hydrogen-bond donors (Lipinski definition) is 1. The van der Waals surface area contributed by atoms with E-state index in [1.807, 2.05) is 0 Å². The van der Waals surface area contributed by atoms with Crippen LogP contribution in [0.4, 0.5) is 0 Å². The molecule has 1 N–H and O–H groups in total. The van der Waals surface area contributed by atoms with Gasteiger partial charge in [0.15, 0.2) is 0 Å². The normalized spacial score (nSPS) is 12.3. The fourth-order valence-electron chi connectivity index (χ4n) is 1.88. The average Bonchev–Trinajstić information content (AvgIpc) is 2.43. The highest BCUT2D eigenvalue weighted by Crippen LogP contribution is 2.07. The van der Waals surface area contributed by atoms with Gasteiger partial charge in [-0.2, -0.15) is 0 Å². The molecule has 110 valence electrons. The van der Waals surface area contributed by atoms with Gasteiger partial charge in [-0.1, -0.05) is 81.9 Å². The molecule has 19 heavy (non-hydrogen) atoms. The van der Waals surface area contributed by atoms with Gasteiger partial charge in [0.2, 0.25) is 0 Å². The Morgan fingerprint density at radius 1 is 0.632 bits per heavy atom. The van der Waals surface area contributed by atoms with Crippen LogP contribution in [0.5, 0.6) is 0 Å². The first-order chi connectivity index (χ1) is 9.41. The Hall–Kier alpha value is -0.820. The molecule has 0 atom stereocenters. The van der Waals surface area contributed by atoms with Crippen molar-refractivity contribution in [1.29, 1.82) is 0 Å². The molecular formula is C18H32O. The van der Waals surface area contributed by atoms with Gasteiger partial charge in [-0.25, -0.2) is 0 Å². The van der Waals surface area contributed by atoms with Crippen LogP contribution in [-0.4, -0.2) is 11.7 Å². The smallest absolute Gasteiger partial charge is 0.0431 e. The summed E-state index contributed by atoms with van der Waals surface area (Å²) in [6.45, 7) is 2.57. The van der Waals surface area contributed by atoms with E-state index in [-0.39, 0.29) is 0 Å². The molecule has 0 saturated heterocycles. The zero-order valence-corrected chi connectivity index (χ0v) is 12.7. The van der Waals surface area contributed by atoms with E-state index in [4.69, 9.17) is 5.11 Å². The molecule has 0 heterocycles. The molecular weight excluding hydrogens is 232 g/mol. The first-order valence-corrected chi connectivity index (χ1v) is 8.01. The summed E-state index contributed by atoms with van der Waals surface area (Å²) < 4.78 is 0. The van der Waals surface area contributed by atoms with E-state index in [9.17, 15) is 0 Å². The number of allylic oxidation sites excluding steroid dienone is 6. The summed E-state index contributed by atoms with van der Waals surface area (Å²) in [6.07, 6.45) is 25.3. The van der Waals surface area contributed by atoms with Crippen LogP contribution in [0.25, 0.3) is 0 Å². The van der Waals surface area contributed by atoms with E-state index in [0.29, 0.717) is 6.61 Å². The van der Waals surface area contributed by atoms with Gasteiger partial charge in [-0.05, 0) is 25.7 Å². The molecule has 0 aromatic rings. The van der Waals surface area contributed by atoms with Crippen LogP contribution in [0, 0.1) is 0 Å². The van der Waals surface area contributed by atoms with Gasteiger partial charge in [0.1, 0.15) is 0 Å². The minimum atomic E-state index is 0.349. The fraction of sp³-hybridized carbons (Fsp3) is 0.667. The summed E-state index contributed by atoms with van der Waals surface area (Å²) in [4.78, 5) is 0. The van der Waals surface area contributed by atoms with E-state index in [1.54, 1.807) is 0 Å². The monoisotopic (exact) mass is 264 g/mol. The molecule has 0 rings (SSSR count). The van der Waals surface area contributed by atoms with Gasteiger partial charge >= 0.3 is 0 Å². The van der Waals surface area contributed by atoms with Crippen LogP contribution in [0.1, 0.15) is 71.1 Å². The molecule has 0 saturated carbocycles. The largest absolute Gasteiger partial charge is 0.396 e. The number of rotatable bonds is 13. The summed E-state index contributed by atoms with van der Waals surface area (Å²) in [5, 5.41) is 8.65. The van der Waals surface area contributed by atoms with Crippen molar-refractivity contribution in [2.45, 2.75) is 71.1 Å². The third-order valence-electron chi connectivity index (χ3n) is 3.11. The zero-order valence-electron chi connectivity index (χ0n) is 12.7. The summed E-state index contributed by atoms with van der Waals surface area (Å²) >= 11 is 0. The number of aliphatic hydroxyl groups excluding tert-OH is 1. The number of unbranched alkanes of at least 4 members (excludes halogenated alkanes) is 8. The minimum absolute atomic E-state index is 0.349. The quantitative estimate of drug-likeness (QED) is 0.340. The van der Waals surface area contributed by atoms with Crippen molar-refractivity contribution in [2.24, 2.45) is 0 Å². The molecule has 0 spiro atoms. The van der Waals surface area contributed by atoms with E-state index < -0.39 is 0 Å². The standard InChI is InChI=1S/C18H32O/c1-2-3-4-5-6-7-8-9-10-11-12-13-14-15-16-17-18-19/h5-10,19H,2-4,11-18H2,1H3/b6-5?,8-7+,10-9-. The second-order valence-corrected chi connectivity index (χ2v) is 5.02. The van der Waals surface area contributed by atoms with Crippen LogP contribution in [0.2, 0.25) is 0 Å². The molecule has 0 unspecified atom stereocenters. The molecule has 0 aromatic carbocycles. The summed E-state index contributed by atoms with van der Waals surface area (Å²) in [5.74, 6) is 0. The molecule has 0 radical (unpaired) electrons. The third kappa shape index (κ3) is 17.2. The predicted molar refractivity (Wildman–Crippen MR) is 86.3 cm³/mol. The van der Waals surface area contributed by atoms with Crippen molar-refractivity contribution >= 4 is 0 Å². The van der Waals surface area contributed by atoms with Gasteiger partial charge in [0.25, 0.3) is 0 Å². The lowest BCUT2D eigenvalue weighted by atomic mass is 10.1. The van der Waals surface area contributed by atoms with Crippen LogP contribution in [0.3, 0.4) is 0 Å². The van der Waals surface area contributed by atoms with Gasteiger partial charge in [0.05, 0.1) is 0 Å². The van der Waals surface area contributed by atoms with Crippen molar-refractivity contribution in [3.05, 3.63) is 36.5 Å². The number of aliphatic hydroxyl groups is 1. The minimum Gasteiger partial charge on any atom is -0.396 e. The van der Waals surface area contributed by atoms with Gasteiger partial charge in [-0.15, -0.1) is 0 Å². The van der Waals surface area contributed by atoms with Crippen molar-refractivity contribution in [3.8, 4) is 0 Å². The lowest BCUT2D eigenvalue weighted by Gasteiger charge is -1.98. The summed E-state index contributed by atoms with van der Waals surface area (Å²) in [6, 6.07) is 0. The van der Waals surface area contributed by atoms with Crippen LogP contribution in [-0.2, 0) is 0 Å². The van der Waals surface area contributed by atoms with Gasteiger partial charge < -0.3 is 5.11 Å². The van der Waals surface area contributed by atoms with E-state index >= 15 is 0 Å². The Kier molecular flexibility index (Phi) is 16.4. The molecule has 0 fully saturated rings. The Balaban J connectivity index is 3.24. The van der Waals surface area contributed by atoms with Crippen molar-refractivity contribution in [2.75, 3.05) is 6.61 Å². The zero-order chi connectivity index (χ0) is 14.0. The molecule has 0 aliphatic carbocycles.